The van der Waals surface area contributed by atoms with Crippen molar-refractivity contribution in [2.75, 3.05) is 6.54 Å². The topological polar surface area (TPSA) is 83.8 Å². The number of nitrogens with one attached hydrogen (secondary N) is 2. The van der Waals surface area contributed by atoms with Gasteiger partial charge in [-0.1, -0.05) is 41.9 Å². The smallest absolute Gasteiger partial charge is 0.249 e. The monoisotopic (exact) mass is 394 g/mol. The van der Waals surface area contributed by atoms with Gasteiger partial charge < -0.3 is 14.7 Å². The second-order valence-electron chi connectivity index (χ2n) is 6.44. The lowest BCUT2D eigenvalue weighted by Crippen LogP contribution is -2.25. The Labute approximate surface area is 166 Å². The molecule has 2 aromatic heterocycles. The van der Waals surface area contributed by atoms with Crippen molar-refractivity contribution in [1.82, 2.24) is 20.5 Å². The second kappa shape index (κ2) is 8.27. The van der Waals surface area contributed by atoms with Crippen LogP contribution in [0.5, 0.6) is 0 Å². The fourth-order valence-corrected chi connectivity index (χ4v) is 3.30. The first-order valence-electron chi connectivity index (χ1n) is 9.09. The third-order valence-electron chi connectivity index (χ3n) is 4.53. The van der Waals surface area contributed by atoms with Gasteiger partial charge in [0.05, 0.1) is 10.6 Å². The van der Waals surface area contributed by atoms with Crippen molar-refractivity contribution < 1.29 is 9.21 Å². The van der Waals surface area contributed by atoms with Crippen LogP contribution in [0.15, 0.2) is 59.1 Å². The quantitative estimate of drug-likeness (QED) is 0.493. The summed E-state index contributed by atoms with van der Waals surface area (Å²) in [5.74, 6) is 0.736. The summed E-state index contributed by atoms with van der Waals surface area (Å²) in [6, 6.07) is 15.4. The van der Waals surface area contributed by atoms with E-state index in [4.69, 9.17) is 16.0 Å². The number of nitrogens with zero attached hydrogens (tertiary/aromatic N) is 2. The summed E-state index contributed by atoms with van der Waals surface area (Å²) < 4.78 is 5.62. The first-order valence-corrected chi connectivity index (χ1v) is 9.47. The van der Waals surface area contributed by atoms with Gasteiger partial charge in [-0.05, 0) is 30.2 Å². The van der Waals surface area contributed by atoms with E-state index < -0.39 is 0 Å². The average molecular weight is 395 g/mol. The molecule has 0 radical (unpaired) electrons. The highest BCUT2D eigenvalue weighted by atomic mass is 35.5. The van der Waals surface area contributed by atoms with Crippen molar-refractivity contribution in [2.45, 2.75) is 19.3 Å². The Hall–Kier alpha value is -3.12. The van der Waals surface area contributed by atoms with Crippen LogP contribution in [-0.4, -0.2) is 27.6 Å². The second-order valence-corrected chi connectivity index (χ2v) is 6.85. The van der Waals surface area contributed by atoms with Crippen molar-refractivity contribution in [1.29, 1.82) is 0 Å². The van der Waals surface area contributed by atoms with Gasteiger partial charge in [0.15, 0.2) is 0 Å². The molecule has 4 aromatic rings. The number of halogens is 1. The van der Waals surface area contributed by atoms with Gasteiger partial charge >= 0.3 is 0 Å². The van der Waals surface area contributed by atoms with Gasteiger partial charge in [-0.2, -0.15) is 0 Å². The summed E-state index contributed by atoms with van der Waals surface area (Å²) in [6.45, 7) is 0.579. The van der Waals surface area contributed by atoms with E-state index in [1.807, 2.05) is 42.6 Å². The molecule has 0 spiro atoms. The number of carbonyl (C=O) groups is 1. The van der Waals surface area contributed by atoms with E-state index in [1.54, 1.807) is 6.07 Å². The number of aromatic amines is 1. The number of benzene rings is 2. The highest BCUT2D eigenvalue weighted by molar-refractivity contribution is 6.33. The average Bonchev–Trinajstić information content (AvgIpc) is 3.34. The maximum absolute atomic E-state index is 12.1. The SMILES string of the molecule is O=C(CCc1nnc(-c2ccccc2Cl)o1)NCCc1c[nH]c2ccccc12. The third kappa shape index (κ3) is 4.07. The van der Waals surface area contributed by atoms with Gasteiger partial charge in [0.25, 0.3) is 0 Å². The van der Waals surface area contributed by atoms with E-state index in [1.165, 1.54) is 10.9 Å². The van der Waals surface area contributed by atoms with E-state index >= 15 is 0 Å². The number of carbonyl (C=O) groups excluding carboxylic acids is 1. The minimum Gasteiger partial charge on any atom is -0.421 e. The maximum Gasteiger partial charge on any atom is 0.249 e. The fraction of sp³-hybridized carbons (Fsp3) is 0.190. The molecule has 0 unspecified atom stereocenters. The Kier molecular flexibility index (Phi) is 5.39. The largest absolute Gasteiger partial charge is 0.421 e. The molecule has 2 aromatic carbocycles. The highest BCUT2D eigenvalue weighted by Crippen LogP contribution is 2.26. The molecule has 0 aliphatic rings. The first-order chi connectivity index (χ1) is 13.7. The summed E-state index contributed by atoms with van der Waals surface area (Å²) in [7, 11) is 0. The molecular formula is C21H19ClN4O2. The molecule has 0 aliphatic heterocycles. The van der Waals surface area contributed by atoms with Gasteiger partial charge in [-0.3, -0.25) is 4.79 Å². The fourth-order valence-electron chi connectivity index (χ4n) is 3.08. The van der Waals surface area contributed by atoms with E-state index in [2.05, 4.69) is 26.6 Å². The number of H-pyrrole nitrogens is 1. The van der Waals surface area contributed by atoms with Crippen LogP contribution < -0.4 is 5.32 Å². The molecule has 0 saturated heterocycles. The molecule has 2 heterocycles. The van der Waals surface area contributed by atoms with Gasteiger partial charge in [-0.25, -0.2) is 0 Å². The van der Waals surface area contributed by atoms with Gasteiger partial charge in [0.1, 0.15) is 0 Å². The molecule has 0 fully saturated rings. The number of aromatic nitrogens is 3. The van der Waals surface area contributed by atoms with Crippen LogP contribution in [0, 0.1) is 0 Å². The molecule has 28 heavy (non-hydrogen) atoms. The normalized spacial score (nSPS) is 11.0. The minimum absolute atomic E-state index is 0.0441. The van der Waals surface area contributed by atoms with Crippen LogP contribution >= 0.6 is 11.6 Å². The number of aryl methyl sites for hydroxylation is 1. The number of hydrogen-bond donors (Lipinski definition) is 2. The maximum atomic E-state index is 12.1. The van der Waals surface area contributed by atoms with Crippen LogP contribution in [-0.2, 0) is 17.6 Å². The summed E-state index contributed by atoms with van der Waals surface area (Å²) >= 11 is 6.14. The molecule has 142 valence electrons. The lowest BCUT2D eigenvalue weighted by atomic mass is 10.1. The van der Waals surface area contributed by atoms with Crippen LogP contribution in [0.25, 0.3) is 22.4 Å². The first kappa shape index (κ1) is 18.3. The van der Waals surface area contributed by atoms with Crippen LogP contribution in [0.2, 0.25) is 5.02 Å². The lowest BCUT2D eigenvalue weighted by molar-refractivity contribution is -0.121. The summed E-state index contributed by atoms with van der Waals surface area (Å²) in [5.41, 5.74) is 2.98. The van der Waals surface area contributed by atoms with Gasteiger partial charge in [0, 0.05) is 36.5 Å². The van der Waals surface area contributed by atoms with Crippen LogP contribution in [0.3, 0.4) is 0 Å². The molecule has 0 atom stereocenters. The molecule has 0 saturated carbocycles. The number of fused-ring (bicyclic) bond motifs is 1. The Morgan fingerprint density at radius 3 is 2.79 bits per heavy atom. The molecule has 4 rings (SSSR count). The number of amides is 1. The van der Waals surface area contributed by atoms with Crippen molar-refractivity contribution >= 4 is 28.4 Å². The Balaban J connectivity index is 1.26. The molecule has 6 nitrogen and oxygen atoms in total. The van der Waals surface area contributed by atoms with Gasteiger partial charge in [-0.15, -0.1) is 10.2 Å². The third-order valence-corrected chi connectivity index (χ3v) is 4.86. The predicted molar refractivity (Wildman–Crippen MR) is 108 cm³/mol. The molecule has 0 aliphatic carbocycles. The summed E-state index contributed by atoms with van der Waals surface area (Å²) in [4.78, 5) is 15.4. The molecule has 0 bridgehead atoms. The van der Waals surface area contributed by atoms with Crippen molar-refractivity contribution in [3.05, 3.63) is 71.2 Å². The molecule has 2 N–H and O–H groups in total. The molecule has 1 amide bonds. The van der Waals surface area contributed by atoms with Crippen LogP contribution in [0.1, 0.15) is 17.9 Å². The van der Waals surface area contributed by atoms with E-state index in [0.717, 1.165) is 11.9 Å². The molecular weight excluding hydrogens is 376 g/mol. The zero-order chi connectivity index (χ0) is 19.3. The summed E-state index contributed by atoms with van der Waals surface area (Å²) in [6.07, 6.45) is 3.44. The zero-order valence-corrected chi connectivity index (χ0v) is 15.9. The Morgan fingerprint density at radius 2 is 1.89 bits per heavy atom. The van der Waals surface area contributed by atoms with E-state index in [9.17, 15) is 4.79 Å². The highest BCUT2D eigenvalue weighted by Gasteiger charge is 2.12. The van der Waals surface area contributed by atoms with Crippen LogP contribution in [0.4, 0.5) is 0 Å². The number of para-hydroxylation sites is 1. The van der Waals surface area contributed by atoms with Gasteiger partial charge in [0.2, 0.25) is 17.7 Å². The molecule has 7 heteroatoms. The van der Waals surface area contributed by atoms with E-state index in [0.29, 0.717) is 35.3 Å². The minimum atomic E-state index is -0.0441. The number of hydrogen-bond acceptors (Lipinski definition) is 4. The van der Waals surface area contributed by atoms with Crippen molar-refractivity contribution in [2.24, 2.45) is 0 Å². The zero-order valence-electron chi connectivity index (χ0n) is 15.1. The predicted octanol–water partition coefficient (Wildman–Crippen LogP) is 4.16. The van der Waals surface area contributed by atoms with Crippen molar-refractivity contribution in [3.63, 3.8) is 0 Å². The van der Waals surface area contributed by atoms with E-state index in [-0.39, 0.29) is 12.3 Å². The standard InChI is InChI=1S/C21H19ClN4O2/c22-17-7-3-1-6-16(17)21-26-25-20(28-21)10-9-19(27)23-12-11-14-13-24-18-8-4-2-5-15(14)18/h1-8,13,24H,9-12H2,(H,23,27). The Morgan fingerprint density at radius 1 is 1.07 bits per heavy atom. The lowest BCUT2D eigenvalue weighted by Gasteiger charge is -2.04. The summed E-state index contributed by atoms with van der Waals surface area (Å²) in [5, 5.41) is 12.7. The van der Waals surface area contributed by atoms with Crippen molar-refractivity contribution in [3.8, 4) is 11.5 Å². The Bertz CT molecular complexity index is 1100. The number of rotatable bonds is 7.